The average molecular weight is 287 g/mol. The number of ether oxygens (including phenoxy) is 2. The molecule has 1 fully saturated rings. The highest BCUT2D eigenvalue weighted by molar-refractivity contribution is 6.01. The number of nitrogens with one attached hydrogen (secondary N) is 2. The van der Waals surface area contributed by atoms with Gasteiger partial charge in [0.1, 0.15) is 0 Å². The Kier molecular flexibility index (Phi) is 4.28. The fourth-order valence-electron chi connectivity index (χ4n) is 2.26. The predicted octanol–water partition coefficient (Wildman–Crippen LogP) is 1.77. The Labute approximate surface area is 122 Å². The number of rotatable bonds is 3. The molecule has 1 aliphatic rings. The Bertz CT molecular complexity index is 621. The molecule has 0 bridgehead atoms. The van der Waals surface area contributed by atoms with Gasteiger partial charge in [-0.3, -0.25) is 4.98 Å². The van der Waals surface area contributed by atoms with Crippen LogP contribution in [0, 0.1) is 0 Å². The van der Waals surface area contributed by atoms with Gasteiger partial charge in [-0.25, -0.2) is 4.79 Å². The van der Waals surface area contributed by atoms with Gasteiger partial charge in [-0.05, 0) is 12.1 Å². The van der Waals surface area contributed by atoms with E-state index in [1.807, 2.05) is 24.3 Å². The molecule has 1 aromatic heterocycles. The van der Waals surface area contributed by atoms with Gasteiger partial charge in [0, 0.05) is 29.7 Å². The SMILES string of the molecule is O=C(NC[C@@H]1COCCO1)Nc1cccc2cnccc12. The zero-order valence-electron chi connectivity index (χ0n) is 11.5. The highest BCUT2D eigenvalue weighted by atomic mass is 16.6. The third kappa shape index (κ3) is 3.48. The summed E-state index contributed by atoms with van der Waals surface area (Å²) in [5.74, 6) is 0. The van der Waals surface area contributed by atoms with Gasteiger partial charge in [-0.2, -0.15) is 0 Å². The van der Waals surface area contributed by atoms with Gasteiger partial charge < -0.3 is 20.1 Å². The molecule has 2 N–H and O–H groups in total. The molecule has 21 heavy (non-hydrogen) atoms. The number of pyridine rings is 1. The van der Waals surface area contributed by atoms with Crippen molar-refractivity contribution in [2.75, 3.05) is 31.7 Å². The smallest absolute Gasteiger partial charge is 0.319 e. The number of carbonyl (C=O) groups is 1. The summed E-state index contributed by atoms with van der Waals surface area (Å²) in [6.07, 6.45) is 3.39. The van der Waals surface area contributed by atoms with E-state index in [0.29, 0.717) is 26.4 Å². The number of anilines is 1. The summed E-state index contributed by atoms with van der Waals surface area (Å²) in [6, 6.07) is 7.33. The quantitative estimate of drug-likeness (QED) is 0.902. The van der Waals surface area contributed by atoms with E-state index in [1.54, 1.807) is 12.4 Å². The van der Waals surface area contributed by atoms with Crippen LogP contribution >= 0.6 is 0 Å². The number of hydrogen-bond donors (Lipinski definition) is 2. The molecule has 1 aromatic carbocycles. The van der Waals surface area contributed by atoms with Crippen LogP contribution in [0.5, 0.6) is 0 Å². The highest BCUT2D eigenvalue weighted by Crippen LogP contribution is 2.21. The first kappa shape index (κ1) is 13.8. The predicted molar refractivity (Wildman–Crippen MR) is 79.3 cm³/mol. The molecule has 110 valence electrons. The first-order valence-electron chi connectivity index (χ1n) is 6.90. The summed E-state index contributed by atoms with van der Waals surface area (Å²) in [5.41, 5.74) is 0.758. The first-order valence-corrected chi connectivity index (χ1v) is 6.90. The van der Waals surface area contributed by atoms with Crippen molar-refractivity contribution in [3.05, 3.63) is 36.7 Å². The van der Waals surface area contributed by atoms with Crippen molar-refractivity contribution >= 4 is 22.5 Å². The van der Waals surface area contributed by atoms with Crippen LogP contribution in [0.2, 0.25) is 0 Å². The first-order chi connectivity index (χ1) is 10.3. The van der Waals surface area contributed by atoms with E-state index in [4.69, 9.17) is 9.47 Å². The Morgan fingerprint density at radius 1 is 1.33 bits per heavy atom. The van der Waals surface area contributed by atoms with Crippen molar-refractivity contribution in [1.29, 1.82) is 0 Å². The van der Waals surface area contributed by atoms with Gasteiger partial charge in [0.25, 0.3) is 0 Å². The van der Waals surface area contributed by atoms with Crippen molar-refractivity contribution in [3.8, 4) is 0 Å². The number of aromatic nitrogens is 1. The monoisotopic (exact) mass is 287 g/mol. The van der Waals surface area contributed by atoms with Crippen LogP contribution in [0.1, 0.15) is 0 Å². The zero-order valence-corrected chi connectivity index (χ0v) is 11.5. The second kappa shape index (κ2) is 6.51. The maximum atomic E-state index is 12.0. The zero-order chi connectivity index (χ0) is 14.5. The van der Waals surface area contributed by atoms with Crippen LogP contribution in [0.15, 0.2) is 36.7 Å². The van der Waals surface area contributed by atoms with Crippen LogP contribution in [0.4, 0.5) is 10.5 Å². The number of hydrogen-bond acceptors (Lipinski definition) is 4. The summed E-state index contributed by atoms with van der Waals surface area (Å²) < 4.78 is 10.8. The fraction of sp³-hybridized carbons (Fsp3) is 0.333. The summed E-state index contributed by atoms with van der Waals surface area (Å²) in [7, 11) is 0. The minimum absolute atomic E-state index is 0.0822. The van der Waals surface area contributed by atoms with Crippen molar-refractivity contribution in [3.63, 3.8) is 0 Å². The summed E-state index contributed by atoms with van der Waals surface area (Å²) in [6.45, 7) is 2.13. The van der Waals surface area contributed by atoms with Gasteiger partial charge in [-0.1, -0.05) is 12.1 Å². The highest BCUT2D eigenvalue weighted by Gasteiger charge is 2.15. The van der Waals surface area contributed by atoms with Crippen LogP contribution in [0.3, 0.4) is 0 Å². The number of nitrogens with zero attached hydrogens (tertiary/aromatic N) is 1. The fourth-order valence-corrected chi connectivity index (χ4v) is 2.26. The van der Waals surface area contributed by atoms with Crippen LogP contribution in [-0.2, 0) is 9.47 Å². The average Bonchev–Trinajstić information content (AvgIpc) is 2.54. The maximum absolute atomic E-state index is 12.0. The topological polar surface area (TPSA) is 72.5 Å². The maximum Gasteiger partial charge on any atom is 0.319 e. The van der Waals surface area contributed by atoms with E-state index in [0.717, 1.165) is 16.5 Å². The molecule has 6 nitrogen and oxygen atoms in total. The lowest BCUT2D eigenvalue weighted by atomic mass is 10.1. The van der Waals surface area contributed by atoms with Gasteiger partial charge in [0.15, 0.2) is 0 Å². The van der Waals surface area contributed by atoms with Crippen LogP contribution < -0.4 is 10.6 Å². The molecule has 0 aliphatic carbocycles. The van der Waals surface area contributed by atoms with Gasteiger partial charge in [0.2, 0.25) is 0 Å². The third-order valence-electron chi connectivity index (χ3n) is 3.30. The number of urea groups is 1. The van der Waals surface area contributed by atoms with E-state index in [9.17, 15) is 4.79 Å². The third-order valence-corrected chi connectivity index (χ3v) is 3.30. The Balaban J connectivity index is 1.61. The number of carbonyl (C=O) groups excluding carboxylic acids is 1. The number of amides is 2. The molecular formula is C15H17N3O3. The molecule has 1 aliphatic heterocycles. The molecule has 2 aromatic rings. The van der Waals surface area contributed by atoms with Crippen LogP contribution in [-0.4, -0.2) is 43.5 Å². The Hall–Kier alpha value is -2.18. The normalized spacial score (nSPS) is 18.4. The van der Waals surface area contributed by atoms with Crippen molar-refractivity contribution in [1.82, 2.24) is 10.3 Å². The molecule has 0 unspecified atom stereocenters. The summed E-state index contributed by atoms with van der Waals surface area (Å²) >= 11 is 0. The molecule has 0 radical (unpaired) electrons. The molecular weight excluding hydrogens is 270 g/mol. The lowest BCUT2D eigenvalue weighted by molar-refractivity contribution is -0.0852. The number of benzene rings is 1. The van der Waals surface area contributed by atoms with E-state index >= 15 is 0 Å². The van der Waals surface area contributed by atoms with Gasteiger partial charge in [-0.15, -0.1) is 0 Å². The lowest BCUT2D eigenvalue weighted by Crippen LogP contribution is -2.41. The van der Waals surface area contributed by atoms with Crippen molar-refractivity contribution in [2.45, 2.75) is 6.10 Å². The largest absolute Gasteiger partial charge is 0.376 e. The molecule has 6 heteroatoms. The molecule has 2 heterocycles. The second-order valence-corrected chi connectivity index (χ2v) is 4.81. The van der Waals surface area contributed by atoms with E-state index in [-0.39, 0.29) is 12.1 Å². The molecule has 1 atom stereocenters. The lowest BCUT2D eigenvalue weighted by Gasteiger charge is -2.23. The summed E-state index contributed by atoms with van der Waals surface area (Å²) in [4.78, 5) is 16.0. The molecule has 2 amide bonds. The molecule has 0 spiro atoms. The van der Waals surface area contributed by atoms with E-state index < -0.39 is 0 Å². The second-order valence-electron chi connectivity index (χ2n) is 4.81. The standard InChI is InChI=1S/C15H17N3O3/c19-15(17-9-12-10-20-6-7-21-12)18-14-3-1-2-11-8-16-5-4-13(11)14/h1-5,8,12H,6-7,9-10H2,(H2,17,18,19)/t12-/m1/s1. The molecule has 1 saturated heterocycles. The molecule has 0 saturated carbocycles. The minimum Gasteiger partial charge on any atom is -0.376 e. The van der Waals surface area contributed by atoms with E-state index in [2.05, 4.69) is 15.6 Å². The Morgan fingerprint density at radius 3 is 3.14 bits per heavy atom. The van der Waals surface area contributed by atoms with E-state index in [1.165, 1.54) is 0 Å². The van der Waals surface area contributed by atoms with Crippen LogP contribution in [0.25, 0.3) is 10.8 Å². The van der Waals surface area contributed by atoms with Gasteiger partial charge >= 0.3 is 6.03 Å². The van der Waals surface area contributed by atoms with Gasteiger partial charge in [0.05, 0.1) is 31.6 Å². The molecule has 3 rings (SSSR count). The Morgan fingerprint density at radius 2 is 2.29 bits per heavy atom. The number of fused-ring (bicyclic) bond motifs is 1. The summed E-state index contributed by atoms with van der Waals surface area (Å²) in [5, 5.41) is 7.59. The van der Waals surface area contributed by atoms with Crippen molar-refractivity contribution in [2.24, 2.45) is 0 Å². The minimum atomic E-state index is -0.256. The van der Waals surface area contributed by atoms with Crippen molar-refractivity contribution < 1.29 is 14.3 Å².